The second-order valence-corrected chi connectivity index (χ2v) is 22.0. The molecule has 0 N–H and O–H groups in total. The molecule has 0 radical (unpaired) electrons. The number of hydrogen-bond acceptors (Lipinski definition) is 40. The summed E-state index contributed by atoms with van der Waals surface area (Å²) in [4.78, 5) is 195. The third kappa shape index (κ3) is 75.8. The Kier molecular flexibility index (Phi) is 44.1. The van der Waals surface area contributed by atoms with Crippen molar-refractivity contribution < 1.29 is 296 Å². The Balaban J connectivity index is -0.0000000748. The van der Waals surface area contributed by atoms with Gasteiger partial charge in [0.2, 0.25) is 0 Å². The van der Waals surface area contributed by atoms with E-state index in [4.69, 9.17) is 0 Å². The summed E-state index contributed by atoms with van der Waals surface area (Å²) in [6.45, 7) is 0. The zero-order valence-electron chi connectivity index (χ0n) is 24.2. The molecule has 320 valence electrons. The van der Waals surface area contributed by atoms with E-state index in [0.717, 1.165) is 0 Å². The van der Waals surface area contributed by atoms with Crippen LogP contribution >= 0.6 is 93.9 Å². The van der Waals surface area contributed by atoms with Crippen LogP contribution in [0.3, 0.4) is 0 Å². The maximum atomic E-state index is 10.1. The molecule has 0 rings (SSSR count). The van der Waals surface area contributed by atoms with Crippen LogP contribution in [-0.2, 0) is 198 Å². The first-order chi connectivity index (χ1) is 21.7. The summed E-state index contributed by atoms with van der Waals surface area (Å²) in [5, 5.41) is 0. The molecule has 0 aliphatic rings. The molecule has 0 aliphatic heterocycles. The molecule has 0 unspecified atom stereocenters. The molecular formula is O40P12Ti5. The van der Waals surface area contributed by atoms with Gasteiger partial charge >= 0.3 is 109 Å². The summed E-state index contributed by atoms with van der Waals surface area (Å²) < 4.78 is 139. The summed E-state index contributed by atoms with van der Waals surface area (Å²) in [5.74, 6) is 0. The smallest absolute Gasteiger partial charge is 0.790 e. The molecule has 0 saturated carbocycles. The van der Waals surface area contributed by atoms with Crippen molar-refractivity contribution in [2.24, 2.45) is 0 Å². The average molecular weight is 1250 g/mol. The van der Waals surface area contributed by atoms with Gasteiger partial charge in [0.1, 0.15) is 0 Å². The van der Waals surface area contributed by atoms with Crippen molar-refractivity contribution in [2.45, 2.75) is 0 Å². The van der Waals surface area contributed by atoms with Crippen molar-refractivity contribution in [3.8, 4) is 0 Å². The molecule has 0 amide bonds. The van der Waals surface area contributed by atoms with Gasteiger partial charge in [0, 0.05) is 0 Å². The minimum absolute atomic E-state index is 0. The molecule has 57 heteroatoms. The quantitative estimate of drug-likeness (QED) is 0.102. The molecule has 0 bridgehead atoms. The van der Waals surface area contributed by atoms with Crippen molar-refractivity contribution in [2.75, 3.05) is 0 Å². The molecule has 57 heavy (non-hydrogen) atoms. The molecule has 0 heterocycles. The molecule has 0 aromatic rings. The van der Waals surface area contributed by atoms with E-state index in [9.17, 15) is 153 Å². The first-order valence-corrected chi connectivity index (χ1v) is 26.3. The maximum Gasteiger partial charge on any atom is 4.00 e. The molecule has 0 aromatic carbocycles. The summed E-state index contributed by atoms with van der Waals surface area (Å²) in [5.41, 5.74) is 0. The molecule has 0 saturated heterocycles. The van der Waals surface area contributed by atoms with Gasteiger partial charge < -0.3 is 134 Å². The Morgan fingerprint density at radius 2 is 0.228 bits per heavy atom. The van der Waals surface area contributed by atoms with E-state index in [0.29, 0.717) is 0 Å². The van der Waals surface area contributed by atoms with E-state index in [1.165, 1.54) is 0 Å². The minimum atomic E-state index is -5.97. The van der Waals surface area contributed by atoms with E-state index in [1.807, 2.05) is 0 Å². The van der Waals surface area contributed by atoms with Gasteiger partial charge in [0.25, 0.3) is 31.3 Å². The molecule has 40 nitrogen and oxygen atoms in total. The first-order valence-electron chi connectivity index (χ1n) is 8.76. The monoisotopic (exact) mass is 1250 g/mol. The molecular weight excluding hydrogens is 1250 g/mol. The Morgan fingerprint density at radius 1 is 0.175 bits per heavy atom. The predicted molar refractivity (Wildman–Crippen MR) is 100.0 cm³/mol. The van der Waals surface area contributed by atoms with Crippen molar-refractivity contribution in [3.05, 3.63) is 0 Å². The second-order valence-electron chi connectivity index (χ2n) is 6.02. The van der Waals surface area contributed by atoms with Gasteiger partial charge in [-0.15, -0.1) is 0 Å². The standard InChI is InChI=1S/4H5O10P3.5Ti/c4*1-11(2,3)9-13(7,8)10-12(4,5)6;;;;;/h4*(H,7,8)(H2,1,2,3)(H2,4,5,6);;;;;/q;;;;5*+4/p-20. The van der Waals surface area contributed by atoms with Gasteiger partial charge in [0.15, 0.2) is 0 Å². The third-order valence-corrected chi connectivity index (χ3v) is 14.4. The van der Waals surface area contributed by atoms with Gasteiger partial charge in [-0.05, 0) is 0 Å². The van der Waals surface area contributed by atoms with Gasteiger partial charge in [-0.2, -0.15) is 0 Å². The summed E-state index contributed by atoms with van der Waals surface area (Å²) >= 11 is 0. The fourth-order valence-corrected chi connectivity index (χ4v) is 10.4. The second kappa shape index (κ2) is 30.6. The average Bonchev–Trinajstić information content (AvgIpc) is 2.51. The van der Waals surface area contributed by atoms with Gasteiger partial charge in [0.05, 0.1) is 62.6 Å². The van der Waals surface area contributed by atoms with Crippen LogP contribution in [0.1, 0.15) is 0 Å². The molecule has 0 fully saturated rings. The Morgan fingerprint density at radius 3 is 0.263 bits per heavy atom. The summed E-state index contributed by atoms with van der Waals surface area (Å²) in [6.07, 6.45) is 0. The fourth-order valence-electron chi connectivity index (χ4n) is 1.04. The minimum Gasteiger partial charge on any atom is -0.790 e. The van der Waals surface area contributed by atoms with Crippen LogP contribution in [0.25, 0.3) is 0 Å². The summed E-state index contributed by atoms with van der Waals surface area (Å²) in [6, 6.07) is 0. The van der Waals surface area contributed by atoms with Gasteiger partial charge in [-0.1, -0.05) is 0 Å². The van der Waals surface area contributed by atoms with Crippen LogP contribution < -0.4 is 97.9 Å². The molecule has 0 atom stereocenters. The molecule has 0 aromatic heterocycles. The van der Waals surface area contributed by atoms with Crippen LogP contribution in [0.15, 0.2) is 0 Å². The van der Waals surface area contributed by atoms with Crippen LogP contribution in [0.4, 0.5) is 0 Å². The van der Waals surface area contributed by atoms with Crippen molar-refractivity contribution in [3.63, 3.8) is 0 Å². The Hall–Kier alpha value is 5.21. The van der Waals surface area contributed by atoms with Crippen LogP contribution in [-0.4, -0.2) is 0 Å². The van der Waals surface area contributed by atoms with E-state index >= 15 is 0 Å². The number of hydrogen-bond donors (Lipinski definition) is 0. The largest absolute Gasteiger partial charge is 4.00 e. The van der Waals surface area contributed by atoms with Crippen molar-refractivity contribution in [1.29, 1.82) is 0 Å². The van der Waals surface area contributed by atoms with Gasteiger partial charge in [-0.3, -0.25) is 52.7 Å². The van der Waals surface area contributed by atoms with Gasteiger partial charge in [-0.25, -0.2) is 0 Å². The topological polar surface area (TPSA) is 740 Å². The Labute approximate surface area is 386 Å². The first kappa shape index (κ1) is 82.3. The van der Waals surface area contributed by atoms with E-state index in [-0.39, 0.29) is 109 Å². The van der Waals surface area contributed by atoms with Crippen LogP contribution in [0, 0.1) is 0 Å². The fraction of sp³-hybridized carbons (Fsp3) is 0. The summed E-state index contributed by atoms with van der Waals surface area (Å²) in [7, 11) is -71.6. The van der Waals surface area contributed by atoms with Crippen LogP contribution in [0.5, 0.6) is 0 Å². The number of rotatable bonds is 16. The molecule has 0 aliphatic carbocycles. The van der Waals surface area contributed by atoms with Crippen LogP contribution in [0.2, 0.25) is 0 Å². The number of phosphoric acid groups is 12. The normalized spacial score (nSPS) is 13.3. The maximum absolute atomic E-state index is 10.1. The SMILES string of the molecule is O=P([O-])([O-])OP(=O)([O-])OP(=O)([O-])[O-].O=P([O-])([O-])OP(=O)([O-])OP(=O)([O-])[O-].O=P([O-])([O-])OP(=O)([O-])OP(=O)([O-])[O-].O=P([O-])([O-])OP(=O)([O-])OP(=O)([O-])[O-].[Ti+4].[Ti+4].[Ti+4].[Ti+4].[Ti+4]. The van der Waals surface area contributed by atoms with Crippen molar-refractivity contribution in [1.82, 2.24) is 0 Å². The molecule has 0 spiro atoms. The van der Waals surface area contributed by atoms with E-state index < -0.39 is 93.9 Å². The predicted octanol–water partition coefficient (Wildman–Crippen LogP) is -15.4. The zero-order chi connectivity index (χ0) is 43.7. The third-order valence-electron chi connectivity index (χ3n) is 1.60. The van der Waals surface area contributed by atoms with E-state index in [1.54, 1.807) is 0 Å². The zero-order valence-corrected chi connectivity index (χ0v) is 42.7. The Bertz CT molecular complexity index is 1370. The van der Waals surface area contributed by atoms with Crippen molar-refractivity contribution >= 4 is 93.9 Å². The van der Waals surface area contributed by atoms with E-state index in [2.05, 4.69) is 34.5 Å².